The maximum atomic E-state index is 11.9. The summed E-state index contributed by atoms with van der Waals surface area (Å²) in [5.41, 5.74) is 2.08. The van der Waals surface area contributed by atoms with Crippen LogP contribution in [0.1, 0.15) is 26.3 Å². The number of benzene rings is 2. The summed E-state index contributed by atoms with van der Waals surface area (Å²) in [5.74, 6) is -1.29. The van der Waals surface area contributed by atoms with Crippen molar-refractivity contribution < 1.29 is 19.1 Å². The Morgan fingerprint density at radius 2 is 1.79 bits per heavy atom. The molecule has 0 unspecified atom stereocenters. The van der Waals surface area contributed by atoms with E-state index in [9.17, 15) is 14.4 Å². The predicted octanol–water partition coefficient (Wildman–Crippen LogP) is 2.15. The van der Waals surface area contributed by atoms with E-state index in [1.54, 1.807) is 49.4 Å². The summed E-state index contributed by atoms with van der Waals surface area (Å²) < 4.78 is 5.01. The Balaban J connectivity index is 1.93. The van der Waals surface area contributed by atoms with E-state index in [1.807, 2.05) is 6.07 Å². The van der Waals surface area contributed by atoms with Gasteiger partial charge in [0.15, 0.2) is 6.61 Å². The Kier molecular flexibility index (Phi) is 5.68. The number of aryl methyl sites for hydroxylation is 1. The number of hydrogen-bond donors (Lipinski definition) is 2. The van der Waals surface area contributed by atoms with E-state index < -0.39 is 18.5 Å². The van der Waals surface area contributed by atoms with E-state index in [-0.39, 0.29) is 5.91 Å². The molecule has 0 aliphatic carbocycles. The molecule has 0 saturated heterocycles. The van der Waals surface area contributed by atoms with Crippen LogP contribution in [0.2, 0.25) is 0 Å². The van der Waals surface area contributed by atoms with Crippen LogP contribution in [0, 0.1) is 6.92 Å². The molecular formula is C18H18N2O4. The number of hydrogen-bond acceptors (Lipinski definition) is 4. The van der Waals surface area contributed by atoms with Gasteiger partial charge in [-0.2, -0.15) is 0 Å². The second-order valence-corrected chi connectivity index (χ2v) is 5.10. The molecule has 0 spiro atoms. The summed E-state index contributed by atoms with van der Waals surface area (Å²) in [6.45, 7) is 1.39. The fraction of sp³-hybridized carbons (Fsp3) is 0.167. The average molecular weight is 326 g/mol. The average Bonchev–Trinajstić information content (AvgIpc) is 2.59. The lowest BCUT2D eigenvalue weighted by Gasteiger charge is -2.09. The molecule has 124 valence electrons. The number of nitrogens with one attached hydrogen (secondary N) is 2. The lowest BCUT2D eigenvalue weighted by atomic mass is 10.1. The third-order valence-corrected chi connectivity index (χ3v) is 3.33. The Bertz CT molecular complexity index is 771. The number of rotatable bonds is 5. The van der Waals surface area contributed by atoms with Crippen LogP contribution >= 0.6 is 0 Å². The highest BCUT2D eigenvalue weighted by Gasteiger charge is 2.12. The molecule has 0 heterocycles. The van der Waals surface area contributed by atoms with Crippen molar-refractivity contribution in [2.75, 3.05) is 19.0 Å². The van der Waals surface area contributed by atoms with E-state index in [2.05, 4.69) is 10.6 Å². The molecule has 2 N–H and O–H groups in total. The largest absolute Gasteiger partial charge is 0.452 e. The zero-order chi connectivity index (χ0) is 17.5. The molecule has 0 aliphatic rings. The van der Waals surface area contributed by atoms with E-state index >= 15 is 0 Å². The second-order valence-electron chi connectivity index (χ2n) is 5.10. The highest BCUT2D eigenvalue weighted by molar-refractivity contribution is 5.98. The van der Waals surface area contributed by atoms with Crippen LogP contribution in [0.3, 0.4) is 0 Å². The van der Waals surface area contributed by atoms with Crippen LogP contribution in [0.4, 0.5) is 5.69 Å². The van der Waals surface area contributed by atoms with Gasteiger partial charge in [0, 0.05) is 18.3 Å². The molecule has 0 fully saturated rings. The molecule has 0 aromatic heterocycles. The number of carbonyl (C=O) groups is 3. The molecule has 0 bridgehead atoms. The van der Waals surface area contributed by atoms with Crippen LogP contribution in [0.25, 0.3) is 0 Å². The van der Waals surface area contributed by atoms with Crippen LogP contribution < -0.4 is 10.6 Å². The molecule has 0 atom stereocenters. The smallest absolute Gasteiger partial charge is 0.338 e. The molecule has 0 aliphatic heterocycles. The molecule has 2 aromatic rings. The minimum atomic E-state index is -0.553. The maximum absolute atomic E-state index is 11.9. The minimum Gasteiger partial charge on any atom is -0.452 e. The Hall–Kier alpha value is -3.15. The van der Waals surface area contributed by atoms with Crippen LogP contribution in [0.5, 0.6) is 0 Å². The van der Waals surface area contributed by atoms with Gasteiger partial charge in [-0.3, -0.25) is 9.59 Å². The number of ether oxygens (including phenoxy) is 1. The summed E-state index contributed by atoms with van der Waals surface area (Å²) in [6.07, 6.45) is 0. The van der Waals surface area contributed by atoms with Crippen molar-refractivity contribution in [2.45, 2.75) is 6.92 Å². The van der Waals surface area contributed by atoms with Gasteiger partial charge in [-0.25, -0.2) is 4.79 Å². The molecule has 0 radical (unpaired) electrons. The summed E-state index contributed by atoms with van der Waals surface area (Å²) in [4.78, 5) is 35.4. The van der Waals surface area contributed by atoms with Gasteiger partial charge in [0.1, 0.15) is 0 Å². The minimum absolute atomic E-state index is 0.253. The standard InChI is InChI=1S/C18H18N2O4/c1-12-6-3-4-9-15(12)18(23)24-11-16(21)20-14-8-5-7-13(10-14)17(22)19-2/h3-10H,11H2,1-2H3,(H,19,22)(H,20,21). The molecule has 6 nitrogen and oxygen atoms in total. The van der Waals surface area contributed by atoms with Gasteiger partial charge in [-0.15, -0.1) is 0 Å². The molecular weight excluding hydrogens is 308 g/mol. The first kappa shape index (κ1) is 17.2. The Labute approximate surface area is 139 Å². The summed E-state index contributed by atoms with van der Waals surface area (Å²) in [7, 11) is 1.53. The fourth-order valence-electron chi connectivity index (χ4n) is 2.09. The number of anilines is 1. The SMILES string of the molecule is CNC(=O)c1cccc(NC(=O)COC(=O)c2ccccc2C)c1. The first-order valence-electron chi connectivity index (χ1n) is 7.36. The van der Waals surface area contributed by atoms with Crippen molar-refractivity contribution in [3.8, 4) is 0 Å². The van der Waals surface area contributed by atoms with Crippen molar-refractivity contribution >= 4 is 23.5 Å². The number of amides is 2. The normalized spacial score (nSPS) is 9.92. The lowest BCUT2D eigenvalue weighted by molar-refractivity contribution is -0.119. The first-order chi connectivity index (χ1) is 11.5. The van der Waals surface area contributed by atoms with Crippen molar-refractivity contribution in [3.63, 3.8) is 0 Å². The lowest BCUT2D eigenvalue weighted by Crippen LogP contribution is -2.22. The topological polar surface area (TPSA) is 84.5 Å². The highest BCUT2D eigenvalue weighted by Crippen LogP contribution is 2.11. The highest BCUT2D eigenvalue weighted by atomic mass is 16.5. The van der Waals surface area contributed by atoms with Crippen LogP contribution in [0.15, 0.2) is 48.5 Å². The molecule has 2 aromatic carbocycles. The van der Waals surface area contributed by atoms with Crippen molar-refractivity contribution in [1.82, 2.24) is 5.32 Å². The van der Waals surface area contributed by atoms with Gasteiger partial charge in [0.05, 0.1) is 5.56 Å². The van der Waals surface area contributed by atoms with E-state index in [0.29, 0.717) is 16.8 Å². The summed E-state index contributed by atoms with van der Waals surface area (Å²) in [5, 5.41) is 5.09. The van der Waals surface area contributed by atoms with E-state index in [1.165, 1.54) is 7.05 Å². The van der Waals surface area contributed by atoms with Gasteiger partial charge in [0.2, 0.25) is 0 Å². The third kappa shape index (κ3) is 4.42. The number of esters is 1. The monoisotopic (exact) mass is 326 g/mol. The van der Waals surface area contributed by atoms with Crippen molar-refractivity contribution in [1.29, 1.82) is 0 Å². The quantitative estimate of drug-likeness (QED) is 0.825. The molecule has 2 amide bonds. The summed E-state index contributed by atoms with van der Waals surface area (Å²) in [6, 6.07) is 13.5. The second kappa shape index (κ2) is 7.92. The Morgan fingerprint density at radius 3 is 2.50 bits per heavy atom. The number of carbonyl (C=O) groups excluding carboxylic acids is 3. The fourth-order valence-corrected chi connectivity index (χ4v) is 2.09. The zero-order valence-electron chi connectivity index (χ0n) is 13.5. The molecule has 24 heavy (non-hydrogen) atoms. The zero-order valence-corrected chi connectivity index (χ0v) is 13.5. The third-order valence-electron chi connectivity index (χ3n) is 3.33. The maximum Gasteiger partial charge on any atom is 0.338 e. The van der Waals surface area contributed by atoms with Crippen molar-refractivity contribution in [3.05, 3.63) is 65.2 Å². The molecule has 6 heteroatoms. The summed E-state index contributed by atoms with van der Waals surface area (Å²) >= 11 is 0. The first-order valence-corrected chi connectivity index (χ1v) is 7.36. The van der Waals surface area contributed by atoms with Gasteiger partial charge in [-0.05, 0) is 36.8 Å². The van der Waals surface area contributed by atoms with E-state index in [4.69, 9.17) is 4.74 Å². The van der Waals surface area contributed by atoms with Gasteiger partial charge < -0.3 is 15.4 Å². The molecule has 0 saturated carbocycles. The Morgan fingerprint density at radius 1 is 1.04 bits per heavy atom. The van der Waals surface area contributed by atoms with E-state index in [0.717, 1.165) is 5.56 Å². The van der Waals surface area contributed by atoms with Crippen molar-refractivity contribution in [2.24, 2.45) is 0 Å². The van der Waals surface area contributed by atoms with Crippen LogP contribution in [-0.4, -0.2) is 31.4 Å². The van der Waals surface area contributed by atoms with Gasteiger partial charge in [0.25, 0.3) is 11.8 Å². The van der Waals surface area contributed by atoms with Crippen LogP contribution in [-0.2, 0) is 9.53 Å². The van der Waals surface area contributed by atoms with Gasteiger partial charge in [-0.1, -0.05) is 24.3 Å². The predicted molar refractivity (Wildman–Crippen MR) is 89.9 cm³/mol. The van der Waals surface area contributed by atoms with Gasteiger partial charge >= 0.3 is 5.97 Å². The molecule has 2 rings (SSSR count).